The van der Waals surface area contributed by atoms with Crippen LogP contribution in [0, 0.1) is 0 Å². The lowest BCUT2D eigenvalue weighted by molar-refractivity contribution is 0.102. The standard InChI is InChI=1S/C18H18ClNO3/c1-12(2)11-23-15-6-4-5-14(10-15)20-18(21)16-8-7-13(19)9-17(16)22-3/h4-10H,1,11H2,2-3H3,(H,20,21). The third-order valence-electron chi connectivity index (χ3n) is 2.99. The monoisotopic (exact) mass is 331 g/mol. The molecule has 0 aliphatic heterocycles. The zero-order valence-electron chi connectivity index (χ0n) is 13.1. The summed E-state index contributed by atoms with van der Waals surface area (Å²) in [6, 6.07) is 12.0. The van der Waals surface area contributed by atoms with E-state index >= 15 is 0 Å². The van der Waals surface area contributed by atoms with Crippen molar-refractivity contribution in [2.24, 2.45) is 0 Å². The second-order valence-corrected chi connectivity index (χ2v) is 5.51. The molecule has 120 valence electrons. The predicted molar refractivity (Wildman–Crippen MR) is 92.7 cm³/mol. The quantitative estimate of drug-likeness (QED) is 0.789. The van der Waals surface area contributed by atoms with Gasteiger partial charge in [0.2, 0.25) is 0 Å². The largest absolute Gasteiger partial charge is 0.496 e. The highest BCUT2D eigenvalue weighted by molar-refractivity contribution is 6.31. The first-order valence-electron chi connectivity index (χ1n) is 7.01. The lowest BCUT2D eigenvalue weighted by Crippen LogP contribution is -2.13. The first kappa shape index (κ1) is 16.9. The second kappa shape index (κ2) is 7.70. The zero-order chi connectivity index (χ0) is 16.8. The number of halogens is 1. The summed E-state index contributed by atoms with van der Waals surface area (Å²) in [6.07, 6.45) is 0. The van der Waals surface area contributed by atoms with Gasteiger partial charge in [0.1, 0.15) is 18.1 Å². The highest BCUT2D eigenvalue weighted by Gasteiger charge is 2.13. The van der Waals surface area contributed by atoms with Crippen LogP contribution in [0.2, 0.25) is 5.02 Å². The van der Waals surface area contributed by atoms with Crippen LogP contribution in [0.3, 0.4) is 0 Å². The van der Waals surface area contributed by atoms with Crippen LogP contribution in [0.15, 0.2) is 54.6 Å². The van der Waals surface area contributed by atoms with Crippen LogP contribution >= 0.6 is 11.6 Å². The summed E-state index contributed by atoms with van der Waals surface area (Å²) >= 11 is 5.91. The summed E-state index contributed by atoms with van der Waals surface area (Å²) in [7, 11) is 1.49. The number of nitrogens with one attached hydrogen (secondary N) is 1. The van der Waals surface area contributed by atoms with E-state index in [0.29, 0.717) is 34.4 Å². The van der Waals surface area contributed by atoms with E-state index in [4.69, 9.17) is 21.1 Å². The molecule has 0 unspecified atom stereocenters. The molecule has 0 bridgehead atoms. The third kappa shape index (κ3) is 4.76. The molecule has 0 aliphatic carbocycles. The van der Waals surface area contributed by atoms with Crippen LogP contribution in [-0.2, 0) is 0 Å². The predicted octanol–water partition coefficient (Wildman–Crippen LogP) is 4.56. The maximum absolute atomic E-state index is 12.4. The number of hydrogen-bond acceptors (Lipinski definition) is 3. The Kier molecular flexibility index (Phi) is 5.66. The van der Waals surface area contributed by atoms with Crippen LogP contribution in [0.5, 0.6) is 11.5 Å². The minimum atomic E-state index is -0.282. The molecule has 0 saturated carbocycles. The Morgan fingerprint density at radius 3 is 2.74 bits per heavy atom. The van der Waals surface area contributed by atoms with Crippen molar-refractivity contribution >= 4 is 23.2 Å². The molecule has 4 nitrogen and oxygen atoms in total. The van der Waals surface area contributed by atoms with Crippen LogP contribution < -0.4 is 14.8 Å². The Morgan fingerprint density at radius 2 is 2.04 bits per heavy atom. The van der Waals surface area contributed by atoms with Gasteiger partial charge in [0.05, 0.1) is 12.7 Å². The molecule has 0 radical (unpaired) electrons. The molecule has 2 aromatic rings. The molecule has 2 rings (SSSR count). The molecule has 0 fully saturated rings. The molecule has 0 atom stereocenters. The molecule has 0 saturated heterocycles. The van der Waals surface area contributed by atoms with Gasteiger partial charge in [-0.05, 0) is 42.8 Å². The first-order valence-corrected chi connectivity index (χ1v) is 7.39. The molecular weight excluding hydrogens is 314 g/mol. The second-order valence-electron chi connectivity index (χ2n) is 5.07. The van der Waals surface area contributed by atoms with Gasteiger partial charge in [0, 0.05) is 16.8 Å². The van der Waals surface area contributed by atoms with Crippen molar-refractivity contribution in [1.29, 1.82) is 0 Å². The molecule has 0 spiro atoms. The van der Waals surface area contributed by atoms with Gasteiger partial charge in [-0.15, -0.1) is 0 Å². The zero-order valence-corrected chi connectivity index (χ0v) is 13.8. The third-order valence-corrected chi connectivity index (χ3v) is 3.22. The van der Waals surface area contributed by atoms with Gasteiger partial charge in [0.15, 0.2) is 0 Å². The minimum absolute atomic E-state index is 0.282. The maximum Gasteiger partial charge on any atom is 0.259 e. The summed E-state index contributed by atoms with van der Waals surface area (Å²) in [4.78, 5) is 12.4. The van der Waals surface area contributed by atoms with E-state index in [0.717, 1.165) is 5.57 Å². The highest BCUT2D eigenvalue weighted by atomic mass is 35.5. The average Bonchev–Trinajstić information content (AvgIpc) is 2.53. The van der Waals surface area contributed by atoms with Gasteiger partial charge < -0.3 is 14.8 Å². The summed E-state index contributed by atoms with van der Waals surface area (Å²) in [5.41, 5.74) is 1.96. The van der Waals surface area contributed by atoms with E-state index in [1.165, 1.54) is 7.11 Å². The number of hydrogen-bond donors (Lipinski definition) is 1. The number of carbonyl (C=O) groups excluding carboxylic acids is 1. The topological polar surface area (TPSA) is 47.6 Å². The fourth-order valence-corrected chi connectivity index (χ4v) is 2.08. The molecule has 2 aromatic carbocycles. The molecule has 1 amide bonds. The molecular formula is C18H18ClNO3. The van der Waals surface area contributed by atoms with E-state index in [1.807, 2.05) is 19.1 Å². The van der Waals surface area contributed by atoms with E-state index in [1.54, 1.807) is 30.3 Å². The van der Waals surface area contributed by atoms with E-state index in [-0.39, 0.29) is 5.91 Å². The van der Waals surface area contributed by atoms with E-state index < -0.39 is 0 Å². The van der Waals surface area contributed by atoms with Crippen LogP contribution in [-0.4, -0.2) is 19.6 Å². The molecule has 5 heteroatoms. The van der Waals surface area contributed by atoms with Gasteiger partial charge >= 0.3 is 0 Å². The summed E-state index contributed by atoms with van der Waals surface area (Å²) < 4.78 is 10.8. The number of ether oxygens (including phenoxy) is 2. The van der Waals surface area contributed by atoms with Crippen molar-refractivity contribution in [2.45, 2.75) is 6.92 Å². The molecule has 0 heterocycles. The number of methoxy groups -OCH3 is 1. The Labute approximate surface area is 140 Å². The van der Waals surface area contributed by atoms with Crippen LogP contribution in [0.4, 0.5) is 5.69 Å². The maximum atomic E-state index is 12.4. The van der Waals surface area contributed by atoms with Gasteiger partial charge in [-0.25, -0.2) is 0 Å². The van der Waals surface area contributed by atoms with Crippen molar-refractivity contribution < 1.29 is 14.3 Å². The Balaban J connectivity index is 2.14. The Bertz CT molecular complexity index is 728. The number of benzene rings is 2. The Hall–Kier alpha value is -2.46. The first-order chi connectivity index (χ1) is 11.0. The lowest BCUT2D eigenvalue weighted by Gasteiger charge is -2.11. The number of amides is 1. The van der Waals surface area contributed by atoms with Crippen molar-refractivity contribution in [3.8, 4) is 11.5 Å². The number of anilines is 1. The minimum Gasteiger partial charge on any atom is -0.496 e. The van der Waals surface area contributed by atoms with Crippen molar-refractivity contribution in [3.05, 3.63) is 65.2 Å². The summed E-state index contributed by atoms with van der Waals surface area (Å²) in [5, 5.41) is 3.32. The van der Waals surface area contributed by atoms with Crippen molar-refractivity contribution in [3.63, 3.8) is 0 Å². The number of carbonyl (C=O) groups is 1. The average molecular weight is 332 g/mol. The summed E-state index contributed by atoms with van der Waals surface area (Å²) in [5.74, 6) is 0.800. The van der Waals surface area contributed by atoms with E-state index in [9.17, 15) is 4.79 Å². The van der Waals surface area contributed by atoms with Crippen molar-refractivity contribution in [2.75, 3.05) is 19.0 Å². The number of rotatable bonds is 6. The Morgan fingerprint density at radius 1 is 1.26 bits per heavy atom. The molecule has 0 aromatic heterocycles. The molecule has 23 heavy (non-hydrogen) atoms. The van der Waals surface area contributed by atoms with Crippen LogP contribution in [0.1, 0.15) is 17.3 Å². The van der Waals surface area contributed by atoms with Gasteiger partial charge in [-0.1, -0.05) is 24.2 Å². The van der Waals surface area contributed by atoms with Gasteiger partial charge in [0.25, 0.3) is 5.91 Å². The molecule has 0 aliphatic rings. The van der Waals surface area contributed by atoms with Crippen LogP contribution in [0.25, 0.3) is 0 Å². The van der Waals surface area contributed by atoms with Gasteiger partial charge in [-0.2, -0.15) is 0 Å². The fraction of sp³-hybridized carbons (Fsp3) is 0.167. The normalized spacial score (nSPS) is 10.0. The summed E-state index contributed by atoms with van der Waals surface area (Å²) in [6.45, 7) is 6.11. The van der Waals surface area contributed by atoms with Crippen molar-refractivity contribution in [1.82, 2.24) is 0 Å². The smallest absolute Gasteiger partial charge is 0.259 e. The lowest BCUT2D eigenvalue weighted by atomic mass is 10.2. The fourth-order valence-electron chi connectivity index (χ4n) is 1.92. The van der Waals surface area contributed by atoms with E-state index in [2.05, 4.69) is 11.9 Å². The highest BCUT2D eigenvalue weighted by Crippen LogP contribution is 2.25. The molecule has 1 N–H and O–H groups in total. The SMILES string of the molecule is C=C(C)COc1cccc(NC(=O)c2ccc(Cl)cc2OC)c1. The van der Waals surface area contributed by atoms with Gasteiger partial charge in [-0.3, -0.25) is 4.79 Å².